The predicted molar refractivity (Wildman–Crippen MR) is 113 cm³/mol. The zero-order valence-corrected chi connectivity index (χ0v) is 18.0. The highest BCUT2D eigenvalue weighted by atomic mass is 16.6. The molecule has 2 amide bonds. The largest absolute Gasteiger partial charge is 0.360 e. The minimum Gasteiger partial charge on any atom is -0.360 e. The first-order chi connectivity index (χ1) is 14.6. The first-order valence-corrected chi connectivity index (χ1v) is 10.3. The number of amides is 2. The molecule has 3 N–H and O–H groups in total. The molecule has 7 heteroatoms. The van der Waals surface area contributed by atoms with Gasteiger partial charge in [-0.1, -0.05) is 44.2 Å². The van der Waals surface area contributed by atoms with Crippen LogP contribution >= 0.6 is 0 Å². The Balaban J connectivity index is 1.97. The Hall–Kier alpha value is -3.03. The van der Waals surface area contributed by atoms with Crippen molar-refractivity contribution in [2.75, 3.05) is 0 Å². The molecule has 0 radical (unpaired) electrons. The van der Waals surface area contributed by atoms with Gasteiger partial charge in [-0.25, -0.2) is 0 Å². The number of fused-ring (bicyclic) bond motifs is 4. The minimum absolute atomic E-state index is 0.0840. The van der Waals surface area contributed by atoms with E-state index in [2.05, 4.69) is 24.5 Å². The van der Waals surface area contributed by atoms with Crippen LogP contribution in [0.25, 0.3) is 0 Å². The second-order valence-electron chi connectivity index (χ2n) is 8.51. The molecule has 0 spiro atoms. The number of nitrogens with one attached hydrogen (secondary N) is 2. The van der Waals surface area contributed by atoms with E-state index in [1.54, 1.807) is 24.3 Å². The Morgan fingerprint density at radius 2 is 1.94 bits per heavy atom. The molecule has 1 aliphatic heterocycles. The Morgan fingerprint density at radius 1 is 1.19 bits per heavy atom. The number of aliphatic hydroxyl groups is 1. The summed E-state index contributed by atoms with van der Waals surface area (Å²) >= 11 is 0. The summed E-state index contributed by atoms with van der Waals surface area (Å²) in [6, 6.07) is 5.64. The molecule has 162 valence electrons. The molecule has 31 heavy (non-hydrogen) atoms. The van der Waals surface area contributed by atoms with Gasteiger partial charge < -0.3 is 20.5 Å². The maximum absolute atomic E-state index is 14.0. The lowest BCUT2D eigenvalue weighted by molar-refractivity contribution is -0.235. The highest BCUT2D eigenvalue weighted by molar-refractivity contribution is 6.14. The first-order valence-electron chi connectivity index (χ1n) is 10.3. The Labute approximate surface area is 180 Å². The summed E-state index contributed by atoms with van der Waals surface area (Å²) in [5.74, 6) is -3.16. The van der Waals surface area contributed by atoms with Crippen LogP contribution in [-0.2, 0) is 31.3 Å². The fourth-order valence-electron chi connectivity index (χ4n) is 4.74. The number of allylic oxidation sites excluding steroid dienone is 4. The number of benzene rings is 1. The quantitative estimate of drug-likeness (QED) is 0.693. The Kier molecular flexibility index (Phi) is 4.98. The molecule has 0 fully saturated rings. The van der Waals surface area contributed by atoms with Gasteiger partial charge in [-0.05, 0) is 35.1 Å². The van der Waals surface area contributed by atoms with Crippen LogP contribution in [0.4, 0.5) is 0 Å². The van der Waals surface area contributed by atoms with Crippen molar-refractivity contribution in [3.8, 4) is 0 Å². The van der Waals surface area contributed by atoms with Gasteiger partial charge in [0.1, 0.15) is 0 Å². The number of carbonyl (C=O) groups excluding carboxylic acids is 3. The molecule has 1 aromatic carbocycles. The third kappa shape index (κ3) is 2.99. The maximum Gasteiger partial charge on any atom is 0.226 e. The molecule has 7 nitrogen and oxygen atoms in total. The minimum atomic E-state index is -2.08. The van der Waals surface area contributed by atoms with Crippen molar-refractivity contribution in [2.24, 2.45) is 0 Å². The number of hydrogen-bond acceptors (Lipinski definition) is 5. The van der Waals surface area contributed by atoms with Gasteiger partial charge in [0.25, 0.3) is 0 Å². The van der Waals surface area contributed by atoms with E-state index in [9.17, 15) is 19.5 Å². The molecule has 1 aromatic rings. The average molecular weight is 422 g/mol. The predicted octanol–water partition coefficient (Wildman–Crippen LogP) is 2.22. The molecule has 4 rings (SSSR count). The SMILES string of the molecule is CC(=O)NC1=CC=CCC2=C1C(=O)C1(NC(C)=O)c3ccc(C(C)C)cc3COC21O. The van der Waals surface area contributed by atoms with Gasteiger partial charge in [0.05, 0.1) is 12.3 Å². The van der Waals surface area contributed by atoms with Crippen LogP contribution in [0.5, 0.6) is 0 Å². The Bertz CT molecular complexity index is 1100. The summed E-state index contributed by atoms with van der Waals surface area (Å²) < 4.78 is 5.99. The van der Waals surface area contributed by atoms with Gasteiger partial charge in [0, 0.05) is 25.0 Å². The van der Waals surface area contributed by atoms with Gasteiger partial charge in [-0.15, -0.1) is 0 Å². The number of rotatable bonds is 3. The lowest BCUT2D eigenvalue weighted by Gasteiger charge is -2.46. The van der Waals surface area contributed by atoms with Crippen molar-refractivity contribution in [3.63, 3.8) is 0 Å². The van der Waals surface area contributed by atoms with E-state index < -0.39 is 23.0 Å². The summed E-state index contributed by atoms with van der Waals surface area (Å²) in [5, 5.41) is 17.3. The standard InChI is InChI=1S/C24H26N2O5/c1-13(2)16-9-10-18-17(11-16)12-31-24(30)19-7-5-6-8-20(25-14(3)27)21(19)22(29)23(18,24)26-15(4)28/h5-6,8-11,13,30H,7,12H2,1-4H3,(H,25,27)(H,26,28). The van der Waals surface area contributed by atoms with Crippen molar-refractivity contribution in [1.29, 1.82) is 0 Å². The average Bonchev–Trinajstić information content (AvgIpc) is 2.81. The van der Waals surface area contributed by atoms with Crippen LogP contribution in [0.1, 0.15) is 56.7 Å². The Morgan fingerprint density at radius 3 is 2.58 bits per heavy atom. The molecular weight excluding hydrogens is 396 g/mol. The van der Waals surface area contributed by atoms with Crippen LogP contribution < -0.4 is 10.6 Å². The van der Waals surface area contributed by atoms with Crippen molar-refractivity contribution < 1.29 is 24.2 Å². The molecule has 0 aromatic heterocycles. The zero-order chi connectivity index (χ0) is 22.6. The highest BCUT2D eigenvalue weighted by Gasteiger charge is 2.69. The molecule has 0 saturated carbocycles. The van der Waals surface area contributed by atoms with E-state index in [1.807, 2.05) is 12.1 Å². The van der Waals surface area contributed by atoms with Crippen LogP contribution in [0.15, 0.2) is 53.3 Å². The summed E-state index contributed by atoms with van der Waals surface area (Å²) in [7, 11) is 0. The zero-order valence-electron chi connectivity index (χ0n) is 18.0. The third-order valence-electron chi connectivity index (χ3n) is 6.09. The summed E-state index contributed by atoms with van der Waals surface area (Å²) in [5.41, 5.74) is 1.22. The van der Waals surface area contributed by atoms with E-state index in [0.717, 1.165) is 11.1 Å². The van der Waals surface area contributed by atoms with E-state index in [0.29, 0.717) is 11.1 Å². The third-order valence-corrected chi connectivity index (χ3v) is 6.09. The molecule has 2 unspecified atom stereocenters. The molecule has 3 aliphatic rings. The molecular formula is C24H26N2O5. The second kappa shape index (κ2) is 7.28. The van der Waals surface area contributed by atoms with Crippen molar-refractivity contribution >= 4 is 17.6 Å². The number of hydrogen-bond donors (Lipinski definition) is 3. The van der Waals surface area contributed by atoms with Crippen molar-refractivity contribution in [3.05, 3.63) is 70.0 Å². The van der Waals surface area contributed by atoms with Gasteiger partial charge in [-0.2, -0.15) is 0 Å². The van der Waals surface area contributed by atoms with Crippen LogP contribution in [0.2, 0.25) is 0 Å². The van der Waals surface area contributed by atoms with Gasteiger partial charge in [0.15, 0.2) is 5.54 Å². The molecule has 1 heterocycles. The number of ether oxygens (including phenoxy) is 1. The first kappa shape index (κ1) is 21.2. The summed E-state index contributed by atoms with van der Waals surface area (Å²) in [4.78, 5) is 38.1. The van der Waals surface area contributed by atoms with Gasteiger partial charge in [0.2, 0.25) is 23.4 Å². The smallest absolute Gasteiger partial charge is 0.226 e. The summed E-state index contributed by atoms with van der Waals surface area (Å²) in [6.45, 7) is 6.85. The normalized spacial score (nSPS) is 26.6. The fourth-order valence-corrected chi connectivity index (χ4v) is 4.74. The highest BCUT2D eigenvalue weighted by Crippen LogP contribution is 2.55. The van der Waals surface area contributed by atoms with E-state index in [-0.39, 0.29) is 36.1 Å². The molecule has 2 aliphatic carbocycles. The van der Waals surface area contributed by atoms with Gasteiger partial charge in [-0.3, -0.25) is 14.4 Å². The second-order valence-corrected chi connectivity index (χ2v) is 8.51. The van der Waals surface area contributed by atoms with E-state index in [1.165, 1.54) is 13.8 Å². The monoisotopic (exact) mass is 422 g/mol. The number of ketones is 1. The fraction of sp³-hybridized carbons (Fsp3) is 0.375. The maximum atomic E-state index is 14.0. The topological polar surface area (TPSA) is 105 Å². The number of Topliss-reactive ketones (excluding diaryl/α,β-unsaturated/α-hetero) is 1. The molecule has 2 atom stereocenters. The molecule has 0 bridgehead atoms. The molecule has 0 saturated heterocycles. The van der Waals surface area contributed by atoms with E-state index >= 15 is 0 Å². The summed E-state index contributed by atoms with van der Waals surface area (Å²) in [6.07, 6.45) is 5.34. The lowest BCUT2D eigenvalue weighted by Crippen LogP contribution is -2.66. The van der Waals surface area contributed by atoms with Crippen molar-refractivity contribution in [2.45, 2.75) is 58.0 Å². The number of carbonyl (C=O) groups is 3. The lowest BCUT2D eigenvalue weighted by atomic mass is 9.74. The van der Waals surface area contributed by atoms with E-state index in [4.69, 9.17) is 4.74 Å². The van der Waals surface area contributed by atoms with Gasteiger partial charge >= 0.3 is 0 Å². The van der Waals surface area contributed by atoms with Crippen LogP contribution in [-0.4, -0.2) is 28.5 Å². The van der Waals surface area contributed by atoms with Crippen LogP contribution in [0.3, 0.4) is 0 Å². The van der Waals surface area contributed by atoms with Crippen LogP contribution in [0, 0.1) is 0 Å². The van der Waals surface area contributed by atoms with Crippen molar-refractivity contribution in [1.82, 2.24) is 10.6 Å².